The summed E-state index contributed by atoms with van der Waals surface area (Å²) in [4.78, 5) is 18.4. The van der Waals surface area contributed by atoms with Gasteiger partial charge in [-0.05, 0) is 6.07 Å². The number of hydrogen-bond acceptors (Lipinski definition) is 3. The fourth-order valence-corrected chi connectivity index (χ4v) is 1.53. The number of rotatable bonds is 4. The average Bonchev–Trinajstić information content (AvgIpc) is 2.70. The smallest absolute Gasteiger partial charge is 0.364 e. The second-order valence-corrected chi connectivity index (χ2v) is 3.65. The number of hydrogen-bond donors (Lipinski definition) is 1. The van der Waals surface area contributed by atoms with E-state index in [1.54, 1.807) is 12.3 Å². The van der Waals surface area contributed by atoms with E-state index in [0.29, 0.717) is 10.9 Å². The van der Waals surface area contributed by atoms with Crippen LogP contribution in [-0.2, 0) is 4.74 Å². The van der Waals surface area contributed by atoms with Crippen molar-refractivity contribution in [1.82, 2.24) is 9.97 Å². The van der Waals surface area contributed by atoms with Gasteiger partial charge >= 0.3 is 6.18 Å². The lowest BCUT2D eigenvalue weighted by Gasteiger charge is -2.06. The minimum absolute atomic E-state index is 0.278. The Kier molecular flexibility index (Phi) is 3.33. The maximum Gasteiger partial charge on any atom is 0.411 e. The average molecular weight is 258 g/mol. The van der Waals surface area contributed by atoms with Crippen LogP contribution in [0.1, 0.15) is 10.4 Å². The number of ketones is 1. The van der Waals surface area contributed by atoms with Crippen LogP contribution in [0.3, 0.4) is 0 Å². The van der Waals surface area contributed by atoms with Crippen LogP contribution in [0.2, 0.25) is 0 Å². The van der Waals surface area contributed by atoms with E-state index in [1.165, 1.54) is 12.4 Å². The number of pyridine rings is 1. The number of aromatic amines is 1. The predicted octanol–water partition coefficient (Wildman–Crippen LogP) is 2.32. The number of alkyl halides is 3. The van der Waals surface area contributed by atoms with Gasteiger partial charge in [-0.1, -0.05) is 0 Å². The SMILES string of the molecule is O=C(COCC(F)(F)F)c1c[nH]c2ccncc12. The summed E-state index contributed by atoms with van der Waals surface area (Å²) in [5, 5.41) is 0.568. The highest BCUT2D eigenvalue weighted by molar-refractivity contribution is 6.08. The van der Waals surface area contributed by atoms with Gasteiger partial charge in [-0.25, -0.2) is 0 Å². The zero-order chi connectivity index (χ0) is 13.2. The van der Waals surface area contributed by atoms with E-state index >= 15 is 0 Å². The number of carbonyl (C=O) groups is 1. The van der Waals surface area contributed by atoms with Crippen molar-refractivity contribution in [2.75, 3.05) is 13.2 Å². The van der Waals surface area contributed by atoms with Gasteiger partial charge in [0.2, 0.25) is 0 Å². The summed E-state index contributed by atoms with van der Waals surface area (Å²) in [6.45, 7) is -2.04. The maximum atomic E-state index is 11.8. The first-order valence-corrected chi connectivity index (χ1v) is 5.06. The van der Waals surface area contributed by atoms with E-state index in [0.717, 1.165) is 0 Å². The molecule has 1 N–H and O–H groups in total. The third-order valence-electron chi connectivity index (χ3n) is 2.28. The van der Waals surface area contributed by atoms with Crippen molar-refractivity contribution >= 4 is 16.7 Å². The first kappa shape index (κ1) is 12.6. The van der Waals surface area contributed by atoms with Gasteiger partial charge in [0.05, 0.1) is 0 Å². The second kappa shape index (κ2) is 4.77. The highest BCUT2D eigenvalue weighted by atomic mass is 19.4. The van der Waals surface area contributed by atoms with Crippen LogP contribution in [0, 0.1) is 0 Å². The normalized spacial score (nSPS) is 11.9. The Hall–Kier alpha value is -1.89. The van der Waals surface area contributed by atoms with E-state index in [1.807, 2.05) is 0 Å². The standard InChI is InChI=1S/C11H9F3N2O2/c12-11(13,14)6-18-5-10(17)8-4-16-9-1-2-15-3-7(8)9/h1-4,16H,5-6H2. The molecule has 0 bridgehead atoms. The molecule has 0 fully saturated rings. The van der Waals surface area contributed by atoms with Crippen LogP contribution in [-0.4, -0.2) is 35.1 Å². The number of nitrogens with zero attached hydrogens (tertiary/aromatic N) is 1. The summed E-state index contributed by atoms with van der Waals surface area (Å²) in [5.74, 6) is -0.515. The summed E-state index contributed by atoms with van der Waals surface area (Å²) in [6, 6.07) is 1.67. The van der Waals surface area contributed by atoms with Gasteiger partial charge in [-0.15, -0.1) is 0 Å². The Morgan fingerprint density at radius 3 is 2.94 bits per heavy atom. The fraction of sp³-hybridized carbons (Fsp3) is 0.273. The molecule has 0 aliphatic heterocycles. The number of nitrogens with one attached hydrogen (secondary N) is 1. The third-order valence-corrected chi connectivity index (χ3v) is 2.28. The molecule has 0 aliphatic carbocycles. The molecule has 4 nitrogen and oxygen atoms in total. The Morgan fingerprint density at radius 2 is 2.22 bits per heavy atom. The molecule has 0 spiro atoms. The Bertz CT molecular complexity index is 563. The molecule has 0 aliphatic rings. The molecule has 2 rings (SSSR count). The van der Waals surface area contributed by atoms with E-state index in [4.69, 9.17) is 0 Å². The zero-order valence-corrected chi connectivity index (χ0v) is 9.12. The van der Waals surface area contributed by atoms with Crippen molar-refractivity contribution in [2.45, 2.75) is 6.18 Å². The largest absolute Gasteiger partial charge is 0.411 e. The molecule has 96 valence electrons. The van der Waals surface area contributed by atoms with E-state index in [2.05, 4.69) is 14.7 Å². The first-order valence-electron chi connectivity index (χ1n) is 5.06. The van der Waals surface area contributed by atoms with Gasteiger partial charge in [-0.2, -0.15) is 13.2 Å². The molecule has 0 unspecified atom stereocenters. The molecule has 7 heteroatoms. The van der Waals surface area contributed by atoms with Crippen molar-refractivity contribution in [1.29, 1.82) is 0 Å². The minimum atomic E-state index is -4.43. The van der Waals surface area contributed by atoms with Crippen LogP contribution in [0.4, 0.5) is 13.2 Å². The van der Waals surface area contributed by atoms with Crippen LogP contribution >= 0.6 is 0 Å². The summed E-state index contributed by atoms with van der Waals surface area (Å²) in [6.07, 6.45) is 0.0315. The van der Waals surface area contributed by atoms with Crippen LogP contribution in [0.5, 0.6) is 0 Å². The predicted molar refractivity (Wildman–Crippen MR) is 57.3 cm³/mol. The molecule has 2 heterocycles. The van der Waals surface area contributed by atoms with E-state index < -0.39 is 25.2 Å². The number of carbonyl (C=O) groups excluding carboxylic acids is 1. The number of ether oxygens (including phenoxy) is 1. The number of halogens is 3. The van der Waals surface area contributed by atoms with Gasteiger partial charge in [0.25, 0.3) is 0 Å². The lowest BCUT2D eigenvalue weighted by molar-refractivity contribution is -0.170. The number of H-pyrrole nitrogens is 1. The second-order valence-electron chi connectivity index (χ2n) is 3.65. The van der Waals surface area contributed by atoms with Gasteiger partial charge < -0.3 is 9.72 Å². The lowest BCUT2D eigenvalue weighted by Crippen LogP contribution is -2.20. The molecule has 2 aromatic rings. The van der Waals surface area contributed by atoms with E-state index in [9.17, 15) is 18.0 Å². The zero-order valence-electron chi connectivity index (χ0n) is 9.12. The monoisotopic (exact) mass is 258 g/mol. The van der Waals surface area contributed by atoms with Crippen molar-refractivity contribution in [3.63, 3.8) is 0 Å². The molecule has 18 heavy (non-hydrogen) atoms. The van der Waals surface area contributed by atoms with Gasteiger partial charge in [0.15, 0.2) is 5.78 Å². The Labute approximate surface area is 99.8 Å². The quantitative estimate of drug-likeness (QED) is 0.856. The van der Waals surface area contributed by atoms with Gasteiger partial charge in [0.1, 0.15) is 13.2 Å². The molecule has 0 atom stereocenters. The van der Waals surface area contributed by atoms with Crippen LogP contribution in [0.15, 0.2) is 24.7 Å². The summed E-state index contributed by atoms with van der Waals surface area (Å²) >= 11 is 0. The lowest BCUT2D eigenvalue weighted by atomic mass is 10.1. The van der Waals surface area contributed by atoms with Crippen molar-refractivity contribution in [3.05, 3.63) is 30.2 Å². The molecule has 0 radical (unpaired) electrons. The number of fused-ring (bicyclic) bond motifs is 1. The van der Waals surface area contributed by atoms with Crippen molar-refractivity contribution in [3.8, 4) is 0 Å². The van der Waals surface area contributed by atoms with E-state index in [-0.39, 0.29) is 5.56 Å². The van der Waals surface area contributed by atoms with Gasteiger partial charge in [0, 0.05) is 35.1 Å². The molecule has 0 amide bonds. The number of aromatic nitrogens is 2. The topological polar surface area (TPSA) is 55.0 Å². The molecule has 0 saturated heterocycles. The van der Waals surface area contributed by atoms with Gasteiger partial charge in [-0.3, -0.25) is 9.78 Å². The summed E-state index contributed by atoms with van der Waals surface area (Å²) < 4.78 is 39.9. The molecule has 0 saturated carbocycles. The molecular formula is C11H9F3N2O2. The minimum Gasteiger partial charge on any atom is -0.364 e. The molecular weight excluding hydrogens is 249 g/mol. The summed E-state index contributed by atoms with van der Waals surface area (Å²) in [7, 11) is 0. The Morgan fingerprint density at radius 1 is 1.44 bits per heavy atom. The highest BCUT2D eigenvalue weighted by Crippen LogP contribution is 2.18. The summed E-state index contributed by atoms with van der Waals surface area (Å²) in [5.41, 5.74) is 0.976. The maximum absolute atomic E-state index is 11.8. The van der Waals surface area contributed by atoms with Crippen molar-refractivity contribution < 1.29 is 22.7 Å². The highest BCUT2D eigenvalue weighted by Gasteiger charge is 2.28. The Balaban J connectivity index is 2.05. The first-order chi connectivity index (χ1) is 8.47. The number of Topliss-reactive ketones (excluding diaryl/α,β-unsaturated/α-hetero) is 1. The molecule has 0 aromatic carbocycles. The van der Waals surface area contributed by atoms with Crippen LogP contribution in [0.25, 0.3) is 10.9 Å². The fourth-order valence-electron chi connectivity index (χ4n) is 1.53. The van der Waals surface area contributed by atoms with Crippen LogP contribution < -0.4 is 0 Å². The van der Waals surface area contributed by atoms with Crippen molar-refractivity contribution in [2.24, 2.45) is 0 Å². The third kappa shape index (κ3) is 2.86. The molecule has 2 aromatic heterocycles.